The van der Waals surface area contributed by atoms with Gasteiger partial charge in [-0.1, -0.05) is 220 Å². The minimum atomic E-state index is -0.558. The molecule has 1 aromatic heterocycles. The van der Waals surface area contributed by atoms with Crippen LogP contribution in [-0.4, -0.2) is 15.0 Å². The van der Waals surface area contributed by atoms with Crippen molar-refractivity contribution >= 4 is 0 Å². The molecule has 64 heavy (non-hydrogen) atoms. The maximum atomic E-state index is 5.10. The van der Waals surface area contributed by atoms with Gasteiger partial charge in [-0.05, 0) is 96.1 Å². The van der Waals surface area contributed by atoms with Crippen LogP contribution in [0.5, 0.6) is 0 Å². The normalized spacial score (nSPS) is 13.7. The maximum absolute atomic E-state index is 5.10. The van der Waals surface area contributed by atoms with E-state index in [0.717, 1.165) is 16.7 Å². The molecule has 0 unspecified atom stereocenters. The second-order valence-corrected chi connectivity index (χ2v) is 17.6. The van der Waals surface area contributed by atoms with Gasteiger partial charge in [-0.2, -0.15) is 0 Å². The second kappa shape index (κ2) is 14.8. The Morgan fingerprint density at radius 2 is 0.672 bits per heavy atom. The van der Waals surface area contributed by atoms with Gasteiger partial charge in [0.2, 0.25) is 0 Å². The molecule has 0 fully saturated rings. The van der Waals surface area contributed by atoms with Gasteiger partial charge in [0.15, 0.2) is 17.5 Å². The summed E-state index contributed by atoms with van der Waals surface area (Å²) in [7, 11) is 0. The Kier molecular flexibility index (Phi) is 8.74. The molecule has 2 aliphatic carbocycles. The van der Waals surface area contributed by atoms with Gasteiger partial charge >= 0.3 is 0 Å². The topological polar surface area (TPSA) is 38.7 Å². The fourth-order valence-electron chi connectivity index (χ4n) is 10.5. The van der Waals surface area contributed by atoms with Crippen molar-refractivity contribution < 1.29 is 0 Å². The molecule has 0 amide bonds. The third-order valence-corrected chi connectivity index (χ3v) is 13.6. The maximum Gasteiger partial charge on any atom is 0.164 e. The Morgan fingerprint density at radius 3 is 1.27 bits per heavy atom. The number of hydrogen-bond acceptors (Lipinski definition) is 3. The van der Waals surface area contributed by atoms with Crippen LogP contribution in [0, 0.1) is 0 Å². The Labute approximate surface area is 374 Å². The highest BCUT2D eigenvalue weighted by Crippen LogP contribution is 2.58. The molecular weight excluding hydrogens is 775 g/mol. The van der Waals surface area contributed by atoms with E-state index in [1.54, 1.807) is 0 Å². The summed E-state index contributed by atoms with van der Waals surface area (Å²) in [5.74, 6) is 1.98. The molecule has 0 saturated carbocycles. The standard InChI is InChI=1S/C61H43N3/c1-60(2)55-38-46(59-63-57(41-20-8-4-9-21-41)62-58(64-59)42-22-10-5-11-23-42)32-34-51(55)52-35-33-48(39-56(52)60)61(53-30-14-12-28-49(53)50-29-13-15-31-54(50)61)47-27-17-26-45(37-47)44-25-16-24-43(36-44)40-18-6-3-7-19-40/h3-39H,1-2H3. The molecule has 0 N–H and O–H groups in total. The number of benzene rings is 9. The molecule has 0 bridgehead atoms. The SMILES string of the molecule is CC1(C)c2cc(-c3nc(-c4ccccc4)nc(-c4ccccc4)n3)ccc2-c2ccc(C3(c4cccc(-c5cccc(-c6ccccc6)c5)c4)c4ccccc4-c4ccccc43)cc21. The summed E-state index contributed by atoms with van der Waals surface area (Å²) in [6.45, 7) is 4.74. The van der Waals surface area contributed by atoms with Gasteiger partial charge in [0.1, 0.15) is 0 Å². The fraction of sp³-hybridized carbons (Fsp3) is 0.0656. The van der Waals surface area contributed by atoms with Crippen molar-refractivity contribution in [2.24, 2.45) is 0 Å². The van der Waals surface area contributed by atoms with Crippen molar-refractivity contribution in [1.82, 2.24) is 15.0 Å². The van der Waals surface area contributed by atoms with E-state index in [9.17, 15) is 0 Å². The van der Waals surface area contributed by atoms with E-state index in [-0.39, 0.29) is 5.41 Å². The first-order chi connectivity index (χ1) is 31.5. The highest BCUT2D eigenvalue weighted by molar-refractivity contribution is 5.89. The third kappa shape index (κ3) is 5.92. The van der Waals surface area contributed by atoms with E-state index < -0.39 is 5.41 Å². The number of rotatable bonds is 7. The number of fused-ring (bicyclic) bond motifs is 6. The lowest BCUT2D eigenvalue weighted by Gasteiger charge is -2.35. The summed E-state index contributed by atoms with van der Waals surface area (Å²) in [6, 6.07) is 81.3. The molecule has 12 rings (SSSR count). The molecule has 10 aromatic rings. The van der Waals surface area contributed by atoms with E-state index in [1.807, 2.05) is 36.4 Å². The number of aromatic nitrogens is 3. The Balaban J connectivity index is 1.01. The highest BCUT2D eigenvalue weighted by Gasteiger charge is 2.47. The monoisotopic (exact) mass is 817 g/mol. The van der Waals surface area contributed by atoms with E-state index >= 15 is 0 Å². The van der Waals surface area contributed by atoms with Gasteiger partial charge < -0.3 is 0 Å². The molecule has 0 radical (unpaired) electrons. The van der Waals surface area contributed by atoms with Crippen molar-refractivity contribution in [3.05, 3.63) is 258 Å². The average molecular weight is 818 g/mol. The lowest BCUT2D eigenvalue weighted by Crippen LogP contribution is -2.29. The molecule has 3 nitrogen and oxygen atoms in total. The molecule has 1 heterocycles. The second-order valence-electron chi connectivity index (χ2n) is 17.6. The first kappa shape index (κ1) is 37.7. The summed E-state index contributed by atoms with van der Waals surface area (Å²) in [4.78, 5) is 15.2. The lowest BCUT2D eigenvalue weighted by molar-refractivity contribution is 0.656. The van der Waals surface area contributed by atoms with Gasteiger partial charge in [0.25, 0.3) is 0 Å². The molecule has 0 atom stereocenters. The van der Waals surface area contributed by atoms with Gasteiger partial charge in [0.05, 0.1) is 5.41 Å². The predicted octanol–water partition coefficient (Wildman–Crippen LogP) is 14.9. The average Bonchev–Trinajstić information content (AvgIpc) is 3.79. The number of nitrogens with zero attached hydrogens (tertiary/aromatic N) is 3. The first-order valence-corrected chi connectivity index (χ1v) is 22.1. The largest absolute Gasteiger partial charge is 0.208 e. The van der Waals surface area contributed by atoms with E-state index in [2.05, 4.69) is 202 Å². The Hall–Kier alpha value is -8.01. The smallest absolute Gasteiger partial charge is 0.164 e. The Bertz CT molecular complexity index is 3300. The van der Waals surface area contributed by atoms with Crippen molar-refractivity contribution in [3.8, 4) is 78.7 Å². The van der Waals surface area contributed by atoms with Crippen LogP contribution in [0.2, 0.25) is 0 Å². The zero-order valence-corrected chi connectivity index (χ0v) is 35.7. The molecule has 302 valence electrons. The molecule has 0 saturated heterocycles. The zero-order valence-electron chi connectivity index (χ0n) is 35.7. The van der Waals surface area contributed by atoms with Crippen LogP contribution in [-0.2, 0) is 10.8 Å². The number of hydrogen-bond donors (Lipinski definition) is 0. The van der Waals surface area contributed by atoms with Gasteiger partial charge in [0, 0.05) is 22.1 Å². The van der Waals surface area contributed by atoms with E-state index in [0.29, 0.717) is 17.5 Å². The summed E-state index contributed by atoms with van der Waals surface area (Å²) in [5.41, 5.74) is 19.6. The van der Waals surface area contributed by atoms with Crippen molar-refractivity contribution in [2.45, 2.75) is 24.7 Å². The van der Waals surface area contributed by atoms with Crippen LogP contribution >= 0.6 is 0 Å². The molecule has 0 spiro atoms. The van der Waals surface area contributed by atoms with Crippen molar-refractivity contribution in [2.75, 3.05) is 0 Å². The summed E-state index contributed by atoms with van der Waals surface area (Å²) < 4.78 is 0. The lowest BCUT2D eigenvalue weighted by atomic mass is 9.66. The molecule has 9 aromatic carbocycles. The molecule has 3 heteroatoms. The van der Waals surface area contributed by atoms with Crippen molar-refractivity contribution in [3.63, 3.8) is 0 Å². The van der Waals surface area contributed by atoms with Gasteiger partial charge in [-0.15, -0.1) is 0 Å². The molecule has 2 aliphatic rings. The van der Waals surface area contributed by atoms with Crippen LogP contribution < -0.4 is 0 Å². The van der Waals surface area contributed by atoms with Crippen LogP contribution in [0.25, 0.3) is 78.7 Å². The van der Waals surface area contributed by atoms with Crippen LogP contribution in [0.4, 0.5) is 0 Å². The Morgan fingerprint density at radius 1 is 0.266 bits per heavy atom. The van der Waals surface area contributed by atoms with Gasteiger partial charge in [-0.3, -0.25) is 0 Å². The minimum absolute atomic E-state index is 0.313. The predicted molar refractivity (Wildman–Crippen MR) is 262 cm³/mol. The van der Waals surface area contributed by atoms with Crippen molar-refractivity contribution in [1.29, 1.82) is 0 Å². The molecular formula is C61H43N3. The van der Waals surface area contributed by atoms with Gasteiger partial charge in [-0.25, -0.2) is 15.0 Å². The summed E-state index contributed by atoms with van der Waals surface area (Å²) in [5, 5.41) is 0. The summed E-state index contributed by atoms with van der Waals surface area (Å²) in [6.07, 6.45) is 0. The fourth-order valence-corrected chi connectivity index (χ4v) is 10.5. The van der Waals surface area contributed by atoms with Crippen LogP contribution in [0.1, 0.15) is 47.2 Å². The zero-order chi connectivity index (χ0) is 42.8. The third-order valence-electron chi connectivity index (χ3n) is 13.6. The quantitative estimate of drug-likeness (QED) is 0.161. The highest BCUT2D eigenvalue weighted by atomic mass is 15.0. The first-order valence-electron chi connectivity index (χ1n) is 22.1. The van der Waals surface area contributed by atoms with Crippen LogP contribution in [0.15, 0.2) is 224 Å². The minimum Gasteiger partial charge on any atom is -0.208 e. The van der Waals surface area contributed by atoms with E-state index in [4.69, 9.17) is 15.0 Å². The molecule has 0 aliphatic heterocycles. The van der Waals surface area contributed by atoms with E-state index in [1.165, 1.54) is 77.9 Å². The van der Waals surface area contributed by atoms with Crippen LogP contribution in [0.3, 0.4) is 0 Å². The summed E-state index contributed by atoms with van der Waals surface area (Å²) >= 11 is 0.